The van der Waals surface area contributed by atoms with Crippen LogP contribution in [0.15, 0.2) is 29.2 Å². The van der Waals surface area contributed by atoms with E-state index in [0.29, 0.717) is 25.2 Å². The number of benzene rings is 1. The van der Waals surface area contributed by atoms with Gasteiger partial charge in [0.1, 0.15) is 17.6 Å². The molecule has 0 radical (unpaired) electrons. The summed E-state index contributed by atoms with van der Waals surface area (Å²) in [6.45, 7) is 1.01. The number of rotatable bonds is 5. The molecule has 3 fully saturated rings. The van der Waals surface area contributed by atoms with Crippen LogP contribution in [0.25, 0.3) is 10.9 Å². The van der Waals surface area contributed by atoms with Gasteiger partial charge in [0, 0.05) is 49.3 Å². The smallest absolute Gasteiger partial charge is 0.341 e. The number of aliphatic carboxylic acids is 2. The zero-order valence-corrected chi connectivity index (χ0v) is 19.4. The largest absolute Gasteiger partial charge is 0.478 e. The van der Waals surface area contributed by atoms with Crippen LogP contribution in [-0.2, 0) is 9.59 Å². The van der Waals surface area contributed by atoms with Crippen molar-refractivity contribution in [2.75, 3.05) is 18.0 Å². The van der Waals surface area contributed by atoms with Crippen LogP contribution in [0.2, 0.25) is 5.02 Å². The zero-order valence-electron chi connectivity index (χ0n) is 18.7. The highest BCUT2D eigenvalue weighted by atomic mass is 35.5. The van der Waals surface area contributed by atoms with Gasteiger partial charge in [0.05, 0.1) is 27.7 Å². The first-order chi connectivity index (χ1) is 16.9. The number of anilines is 1. The van der Waals surface area contributed by atoms with E-state index in [9.17, 15) is 28.7 Å². The number of carboxylic acid groups (broad SMARTS) is 3. The van der Waals surface area contributed by atoms with E-state index in [1.807, 2.05) is 0 Å². The number of fused-ring (bicyclic) bond motifs is 1. The number of aromatic carboxylic acids is 1. The van der Waals surface area contributed by atoms with Crippen LogP contribution in [0.4, 0.5) is 14.5 Å². The molecule has 1 aromatic heterocycles. The minimum Gasteiger partial charge on any atom is -0.478 e. The Morgan fingerprint density at radius 3 is 2.19 bits per heavy atom. The summed E-state index contributed by atoms with van der Waals surface area (Å²) in [6, 6.07) is 0.308. The van der Waals surface area contributed by atoms with Gasteiger partial charge in [-0.1, -0.05) is 11.6 Å². The Morgan fingerprint density at radius 2 is 1.75 bits per heavy atom. The van der Waals surface area contributed by atoms with Crippen molar-refractivity contribution in [1.29, 1.82) is 0 Å². The fourth-order valence-electron chi connectivity index (χ4n) is 4.57. The second-order valence-electron chi connectivity index (χ2n) is 9.18. The van der Waals surface area contributed by atoms with E-state index in [0.717, 1.165) is 25.1 Å². The number of pyridine rings is 1. The van der Waals surface area contributed by atoms with Gasteiger partial charge in [-0.2, -0.15) is 0 Å². The third kappa shape index (κ3) is 4.65. The zero-order chi connectivity index (χ0) is 26.5. The predicted molar refractivity (Wildman–Crippen MR) is 125 cm³/mol. The van der Waals surface area contributed by atoms with Crippen molar-refractivity contribution in [2.24, 2.45) is 11.1 Å². The van der Waals surface area contributed by atoms with E-state index < -0.39 is 46.9 Å². The van der Waals surface area contributed by atoms with Gasteiger partial charge in [-0.05, 0) is 18.9 Å². The highest BCUT2D eigenvalue weighted by Gasteiger charge is 2.54. The van der Waals surface area contributed by atoms with Crippen LogP contribution >= 0.6 is 11.6 Å². The molecule has 0 unspecified atom stereocenters. The lowest BCUT2D eigenvalue weighted by Gasteiger charge is -2.23. The molecule has 0 bridgehead atoms. The van der Waals surface area contributed by atoms with Crippen LogP contribution in [0.5, 0.6) is 0 Å². The Labute approximate surface area is 207 Å². The SMILES string of the molecule is N[C@@H]1CN(c2c(F)cc3c(=O)c(C(=O)O)cn([C@@H]4C[C@@H]4F)c3c2Cl)CC12CC2.O=C(O)/C=C/C(=O)O. The lowest BCUT2D eigenvalue weighted by atomic mass is 10.0. The molecule has 10 nitrogen and oxygen atoms in total. The standard InChI is InChI=1S/C19H18ClF2N3O3.C4H4O4/c20-14-15-8(17(26)9(18(27)28)5-25(15)12-4-10(12)21)3-11(22)16(14)24-6-13(23)19(7-24)1-2-19;5-3(6)1-2-4(7)8/h3,5,10,12-13H,1-2,4,6-7,23H2,(H,27,28);1-2H,(H,5,6)(H,7,8)/b;2-1+/t10-,12+,13+;/m0./s1. The van der Waals surface area contributed by atoms with Crippen LogP contribution in [0.3, 0.4) is 0 Å². The molecule has 3 aliphatic rings. The highest BCUT2D eigenvalue weighted by molar-refractivity contribution is 6.38. The van der Waals surface area contributed by atoms with E-state index in [4.69, 9.17) is 27.5 Å². The Bertz CT molecular complexity index is 1360. The first-order valence-electron chi connectivity index (χ1n) is 10.9. The first-order valence-corrected chi connectivity index (χ1v) is 11.3. The molecule has 2 aliphatic carbocycles. The normalized spacial score (nSPS) is 23.6. The molecule has 1 saturated heterocycles. The quantitative estimate of drug-likeness (QED) is 0.429. The van der Waals surface area contributed by atoms with Gasteiger partial charge in [-0.25, -0.2) is 23.2 Å². The van der Waals surface area contributed by atoms with Crippen molar-refractivity contribution >= 4 is 46.1 Å². The summed E-state index contributed by atoms with van der Waals surface area (Å²) in [5.74, 6) is -4.67. The van der Waals surface area contributed by atoms with E-state index in [-0.39, 0.29) is 39.5 Å². The summed E-state index contributed by atoms with van der Waals surface area (Å²) in [5.41, 5.74) is 5.15. The van der Waals surface area contributed by atoms with Crippen molar-refractivity contribution in [3.8, 4) is 0 Å². The highest BCUT2D eigenvalue weighted by Crippen LogP contribution is 2.54. The Balaban J connectivity index is 0.000000331. The van der Waals surface area contributed by atoms with Crippen LogP contribution in [-0.4, -0.2) is 63.1 Å². The van der Waals surface area contributed by atoms with E-state index in [2.05, 4.69) is 0 Å². The van der Waals surface area contributed by atoms with Gasteiger partial charge < -0.3 is 30.5 Å². The topological polar surface area (TPSA) is 163 Å². The fraction of sp³-hybridized carbons (Fsp3) is 0.391. The maximum atomic E-state index is 15.0. The van der Waals surface area contributed by atoms with Crippen molar-refractivity contribution in [3.05, 3.63) is 51.0 Å². The summed E-state index contributed by atoms with van der Waals surface area (Å²) in [4.78, 5) is 44.9. The lowest BCUT2D eigenvalue weighted by Crippen LogP contribution is -2.30. The average Bonchev–Trinajstić information content (AvgIpc) is 3.69. The van der Waals surface area contributed by atoms with Crippen molar-refractivity contribution < 1.29 is 38.5 Å². The molecule has 3 atom stereocenters. The van der Waals surface area contributed by atoms with Crippen LogP contribution in [0.1, 0.15) is 35.7 Å². The molecule has 2 aromatic rings. The molecular formula is C23H22ClF2N3O7. The molecule has 2 saturated carbocycles. The van der Waals surface area contributed by atoms with Gasteiger partial charge >= 0.3 is 17.9 Å². The molecule has 5 rings (SSSR count). The molecule has 0 amide bonds. The van der Waals surface area contributed by atoms with Crippen LogP contribution in [0, 0.1) is 11.2 Å². The summed E-state index contributed by atoms with van der Waals surface area (Å²) in [7, 11) is 0. The second-order valence-corrected chi connectivity index (χ2v) is 9.56. The van der Waals surface area contributed by atoms with E-state index in [1.165, 1.54) is 4.57 Å². The van der Waals surface area contributed by atoms with E-state index >= 15 is 4.39 Å². The number of nitrogens with two attached hydrogens (primary N) is 1. The second kappa shape index (κ2) is 9.17. The minimum atomic E-state index is -1.45. The van der Waals surface area contributed by atoms with Crippen molar-refractivity contribution in [3.63, 3.8) is 0 Å². The molecular weight excluding hydrogens is 504 g/mol. The first kappa shape index (κ1) is 25.6. The number of carbonyl (C=O) groups is 3. The van der Waals surface area contributed by atoms with Gasteiger partial charge in [-0.15, -0.1) is 0 Å². The summed E-state index contributed by atoms with van der Waals surface area (Å²) >= 11 is 6.56. The van der Waals surface area contributed by atoms with Gasteiger partial charge in [0.15, 0.2) is 0 Å². The van der Waals surface area contributed by atoms with E-state index in [1.54, 1.807) is 4.90 Å². The lowest BCUT2D eigenvalue weighted by molar-refractivity contribution is -0.134. The molecule has 5 N–H and O–H groups in total. The molecule has 1 aliphatic heterocycles. The summed E-state index contributed by atoms with van der Waals surface area (Å²) in [6.07, 6.45) is 3.23. The van der Waals surface area contributed by atoms with Gasteiger partial charge in [-0.3, -0.25) is 4.79 Å². The molecule has 1 aromatic carbocycles. The molecule has 36 heavy (non-hydrogen) atoms. The maximum Gasteiger partial charge on any atom is 0.341 e. The monoisotopic (exact) mass is 525 g/mol. The van der Waals surface area contributed by atoms with Gasteiger partial charge in [0.25, 0.3) is 0 Å². The minimum absolute atomic E-state index is 0.00645. The number of hydrogen-bond donors (Lipinski definition) is 4. The van der Waals surface area contributed by atoms with Crippen molar-refractivity contribution in [2.45, 2.75) is 37.5 Å². The molecule has 2 heterocycles. The number of halogens is 3. The third-order valence-electron chi connectivity index (χ3n) is 6.74. The fourth-order valence-corrected chi connectivity index (χ4v) is 4.98. The number of alkyl halides is 1. The Morgan fingerprint density at radius 1 is 1.17 bits per heavy atom. The number of nitrogens with zero attached hydrogens (tertiary/aromatic N) is 2. The third-order valence-corrected chi connectivity index (χ3v) is 7.10. The van der Waals surface area contributed by atoms with Gasteiger partial charge in [0.2, 0.25) is 5.43 Å². The van der Waals surface area contributed by atoms with Crippen molar-refractivity contribution in [1.82, 2.24) is 4.57 Å². The Kier molecular flexibility index (Phi) is 6.52. The predicted octanol–water partition coefficient (Wildman–Crippen LogP) is 2.41. The summed E-state index contributed by atoms with van der Waals surface area (Å²) < 4.78 is 30.2. The maximum absolute atomic E-state index is 15.0. The molecule has 13 heteroatoms. The number of aromatic nitrogens is 1. The van der Waals surface area contributed by atoms with Crippen LogP contribution < -0.4 is 16.1 Å². The Hall–Kier alpha value is -3.51. The molecule has 1 spiro atoms. The number of carboxylic acids is 3. The molecule has 192 valence electrons. The number of hydrogen-bond acceptors (Lipinski definition) is 6. The summed E-state index contributed by atoms with van der Waals surface area (Å²) in [5, 5.41) is 24.8. The average molecular weight is 526 g/mol.